The number of sulfonamides is 1. The molecular weight excluding hydrogens is 392 g/mol. The minimum absolute atomic E-state index is 0.0516. The number of nitrogens with zero attached hydrogens (tertiary/aromatic N) is 2. The summed E-state index contributed by atoms with van der Waals surface area (Å²) >= 11 is 0. The first-order valence-corrected chi connectivity index (χ1v) is 10.1. The van der Waals surface area contributed by atoms with Gasteiger partial charge in [-0.2, -0.15) is 13.1 Å². The van der Waals surface area contributed by atoms with E-state index >= 15 is 0 Å². The molecule has 3 rings (SSSR count). The molecule has 1 aromatic heterocycles. The van der Waals surface area contributed by atoms with Crippen LogP contribution in [0.4, 0.5) is 14.6 Å². The number of aromatic nitrogens is 1. The SMILES string of the molecule is O=C(Nc1ccc(OC(F)F)cn1)c1cccc(S(=O)(=O)N2CCCCC2)c1. The number of amides is 1. The van der Waals surface area contributed by atoms with Crippen LogP contribution in [0.5, 0.6) is 5.75 Å². The number of pyridine rings is 1. The predicted molar refractivity (Wildman–Crippen MR) is 97.9 cm³/mol. The average Bonchev–Trinajstić information content (AvgIpc) is 2.70. The van der Waals surface area contributed by atoms with Crippen molar-refractivity contribution in [3.05, 3.63) is 48.2 Å². The van der Waals surface area contributed by atoms with E-state index in [4.69, 9.17) is 0 Å². The molecule has 150 valence electrons. The lowest BCUT2D eigenvalue weighted by Crippen LogP contribution is -2.35. The van der Waals surface area contributed by atoms with Gasteiger partial charge in [0.05, 0.1) is 11.1 Å². The van der Waals surface area contributed by atoms with Gasteiger partial charge in [-0.3, -0.25) is 4.79 Å². The highest BCUT2D eigenvalue weighted by Gasteiger charge is 2.26. The molecule has 2 aromatic rings. The van der Waals surface area contributed by atoms with Crippen molar-refractivity contribution >= 4 is 21.7 Å². The Morgan fingerprint density at radius 1 is 1.14 bits per heavy atom. The number of halogens is 2. The van der Waals surface area contributed by atoms with Crippen LogP contribution in [0, 0.1) is 0 Å². The van der Waals surface area contributed by atoms with Crippen LogP contribution in [0.3, 0.4) is 0 Å². The van der Waals surface area contributed by atoms with E-state index < -0.39 is 22.5 Å². The molecule has 1 saturated heterocycles. The van der Waals surface area contributed by atoms with Crippen molar-refractivity contribution < 1.29 is 26.7 Å². The molecule has 1 N–H and O–H groups in total. The molecule has 1 aromatic carbocycles. The largest absolute Gasteiger partial charge is 0.433 e. The van der Waals surface area contributed by atoms with Gasteiger partial charge in [-0.15, -0.1) is 0 Å². The number of piperidine rings is 1. The van der Waals surface area contributed by atoms with Crippen LogP contribution in [0.1, 0.15) is 29.6 Å². The second kappa shape index (κ2) is 8.61. The van der Waals surface area contributed by atoms with Gasteiger partial charge in [-0.05, 0) is 43.2 Å². The van der Waals surface area contributed by atoms with Crippen LogP contribution in [0.25, 0.3) is 0 Å². The summed E-state index contributed by atoms with van der Waals surface area (Å²) in [6, 6.07) is 8.30. The number of rotatable bonds is 6. The molecule has 2 heterocycles. The maximum atomic E-state index is 12.8. The molecule has 1 amide bonds. The van der Waals surface area contributed by atoms with Gasteiger partial charge in [-0.25, -0.2) is 13.4 Å². The normalized spacial score (nSPS) is 15.4. The van der Waals surface area contributed by atoms with Crippen LogP contribution in [-0.4, -0.2) is 43.3 Å². The third kappa shape index (κ3) is 4.82. The smallest absolute Gasteiger partial charge is 0.387 e. The summed E-state index contributed by atoms with van der Waals surface area (Å²) in [7, 11) is -3.66. The first-order chi connectivity index (χ1) is 13.4. The summed E-state index contributed by atoms with van der Waals surface area (Å²) in [6.07, 6.45) is 3.69. The van der Waals surface area contributed by atoms with Gasteiger partial charge in [0, 0.05) is 18.7 Å². The quantitative estimate of drug-likeness (QED) is 0.789. The Labute approximate surface area is 161 Å². The second-order valence-corrected chi connectivity index (χ2v) is 8.14. The van der Waals surface area contributed by atoms with Gasteiger partial charge in [0.1, 0.15) is 11.6 Å². The van der Waals surface area contributed by atoms with E-state index in [1.165, 1.54) is 40.7 Å². The number of alkyl halides is 2. The monoisotopic (exact) mass is 411 g/mol. The molecule has 0 aliphatic carbocycles. The fourth-order valence-corrected chi connectivity index (χ4v) is 4.43. The molecule has 28 heavy (non-hydrogen) atoms. The number of nitrogens with one attached hydrogen (secondary N) is 1. The summed E-state index contributed by atoms with van der Waals surface area (Å²) in [4.78, 5) is 16.3. The van der Waals surface area contributed by atoms with Gasteiger partial charge >= 0.3 is 6.61 Å². The number of anilines is 1. The molecule has 0 bridgehead atoms. The lowest BCUT2D eigenvalue weighted by atomic mass is 10.2. The van der Waals surface area contributed by atoms with Gasteiger partial charge in [0.25, 0.3) is 5.91 Å². The minimum Gasteiger partial charge on any atom is -0.433 e. The average molecular weight is 411 g/mol. The number of ether oxygens (including phenoxy) is 1. The minimum atomic E-state index is -3.66. The van der Waals surface area contributed by atoms with Crippen molar-refractivity contribution in [2.75, 3.05) is 18.4 Å². The van der Waals surface area contributed by atoms with Gasteiger partial charge in [0.15, 0.2) is 0 Å². The fourth-order valence-electron chi connectivity index (χ4n) is 2.87. The van der Waals surface area contributed by atoms with Crippen LogP contribution >= 0.6 is 0 Å². The molecule has 1 aliphatic rings. The molecule has 0 atom stereocenters. The van der Waals surface area contributed by atoms with Gasteiger partial charge in [-0.1, -0.05) is 12.5 Å². The van der Waals surface area contributed by atoms with E-state index in [2.05, 4.69) is 15.0 Å². The molecule has 1 fully saturated rings. The maximum absolute atomic E-state index is 12.8. The zero-order valence-corrected chi connectivity index (χ0v) is 15.7. The molecule has 0 spiro atoms. The Morgan fingerprint density at radius 2 is 1.89 bits per heavy atom. The molecule has 1 aliphatic heterocycles. The third-order valence-corrected chi connectivity index (χ3v) is 6.15. The summed E-state index contributed by atoms with van der Waals surface area (Å²) in [5, 5.41) is 2.50. The van der Waals surface area contributed by atoms with Crippen molar-refractivity contribution in [2.45, 2.75) is 30.8 Å². The summed E-state index contributed by atoms with van der Waals surface area (Å²) < 4.78 is 55.4. The van der Waals surface area contributed by atoms with Crippen LogP contribution < -0.4 is 10.1 Å². The summed E-state index contributed by atoms with van der Waals surface area (Å²) in [6.45, 7) is -2.03. The Hall–Kier alpha value is -2.59. The molecule has 7 nitrogen and oxygen atoms in total. The van der Waals surface area contributed by atoms with E-state index in [1.54, 1.807) is 0 Å². The highest BCUT2D eigenvalue weighted by molar-refractivity contribution is 7.89. The van der Waals surface area contributed by atoms with Crippen molar-refractivity contribution in [3.8, 4) is 5.75 Å². The van der Waals surface area contributed by atoms with Crippen molar-refractivity contribution in [2.24, 2.45) is 0 Å². The topological polar surface area (TPSA) is 88.6 Å². The van der Waals surface area contributed by atoms with Crippen molar-refractivity contribution in [1.29, 1.82) is 0 Å². The third-order valence-electron chi connectivity index (χ3n) is 4.25. The first kappa shape index (κ1) is 20.2. The Kier molecular flexibility index (Phi) is 6.20. The molecule has 0 saturated carbocycles. The van der Waals surface area contributed by atoms with Gasteiger partial charge in [0.2, 0.25) is 10.0 Å². The number of hydrogen-bond donors (Lipinski definition) is 1. The van der Waals surface area contributed by atoms with Gasteiger partial charge < -0.3 is 10.1 Å². The first-order valence-electron chi connectivity index (χ1n) is 8.69. The summed E-state index contributed by atoms with van der Waals surface area (Å²) in [5.41, 5.74) is 0.146. The zero-order chi connectivity index (χ0) is 20.1. The van der Waals surface area contributed by atoms with Crippen LogP contribution in [0.15, 0.2) is 47.5 Å². The van der Waals surface area contributed by atoms with E-state index in [0.29, 0.717) is 13.1 Å². The molecule has 0 unspecified atom stereocenters. The maximum Gasteiger partial charge on any atom is 0.387 e. The van der Waals surface area contributed by atoms with E-state index in [1.807, 2.05) is 0 Å². The molecule has 0 radical (unpaired) electrons. The fraction of sp³-hybridized carbons (Fsp3) is 0.333. The van der Waals surface area contributed by atoms with E-state index in [9.17, 15) is 22.0 Å². The zero-order valence-electron chi connectivity index (χ0n) is 14.8. The van der Waals surface area contributed by atoms with Crippen LogP contribution in [0.2, 0.25) is 0 Å². The Bertz CT molecular complexity index is 930. The number of carbonyl (C=O) groups is 1. The number of benzene rings is 1. The number of hydrogen-bond acceptors (Lipinski definition) is 5. The summed E-state index contributed by atoms with van der Waals surface area (Å²) in [5.74, 6) is -0.579. The number of carbonyl (C=O) groups excluding carboxylic acids is 1. The van der Waals surface area contributed by atoms with E-state index in [-0.39, 0.29) is 22.0 Å². The van der Waals surface area contributed by atoms with Crippen molar-refractivity contribution in [1.82, 2.24) is 9.29 Å². The Balaban J connectivity index is 1.73. The lowest BCUT2D eigenvalue weighted by molar-refractivity contribution is -0.0500. The van der Waals surface area contributed by atoms with Crippen molar-refractivity contribution in [3.63, 3.8) is 0 Å². The molecular formula is C18H19F2N3O4S. The Morgan fingerprint density at radius 3 is 2.54 bits per heavy atom. The standard InChI is InChI=1S/C18H19F2N3O4S/c19-18(20)27-14-7-8-16(21-12-14)22-17(24)13-5-4-6-15(11-13)28(25,26)23-9-2-1-3-10-23/h4-8,11-12,18H,1-3,9-10H2,(H,21,22,24). The lowest BCUT2D eigenvalue weighted by Gasteiger charge is -2.26. The predicted octanol–water partition coefficient (Wildman–Crippen LogP) is 3.11. The highest BCUT2D eigenvalue weighted by Crippen LogP contribution is 2.22. The molecule has 10 heteroatoms. The second-order valence-electron chi connectivity index (χ2n) is 6.20. The highest BCUT2D eigenvalue weighted by atomic mass is 32.2. The van der Waals surface area contributed by atoms with Crippen LogP contribution in [-0.2, 0) is 10.0 Å². The van der Waals surface area contributed by atoms with E-state index in [0.717, 1.165) is 25.5 Å².